The number of carbonyl (C=O) groups excluding carboxylic acids is 1. The summed E-state index contributed by atoms with van der Waals surface area (Å²) >= 11 is 0. The van der Waals surface area contributed by atoms with Gasteiger partial charge >= 0.3 is 0 Å². The van der Waals surface area contributed by atoms with Crippen LogP contribution >= 0.6 is 0 Å². The molecular weight excluding hydrogens is 450 g/mol. The third kappa shape index (κ3) is 4.58. The van der Waals surface area contributed by atoms with Crippen LogP contribution in [-0.4, -0.2) is 46.7 Å². The van der Waals surface area contributed by atoms with Gasteiger partial charge in [-0.25, -0.2) is 14.3 Å². The zero-order valence-electron chi connectivity index (χ0n) is 20.0. The molecule has 0 spiro atoms. The summed E-state index contributed by atoms with van der Waals surface area (Å²) in [6.45, 7) is 4.03. The number of hydrogen-bond acceptors (Lipinski definition) is 7. The van der Waals surface area contributed by atoms with E-state index in [1.165, 1.54) is 39.9 Å². The Kier molecular flexibility index (Phi) is 6.54. The lowest BCUT2D eigenvalue weighted by Crippen LogP contribution is -2.32. The fourth-order valence-corrected chi connectivity index (χ4v) is 3.56. The molecule has 1 N–H and O–H groups in total. The Bertz CT molecular complexity index is 1480. The summed E-state index contributed by atoms with van der Waals surface area (Å²) in [5.41, 5.74) is 6.16. The minimum absolute atomic E-state index is 0.277. The summed E-state index contributed by atoms with van der Waals surface area (Å²) in [4.78, 5) is 29.8. The molecule has 10 heteroatoms. The minimum atomic E-state index is -0.524. The zero-order chi connectivity index (χ0) is 25.1. The van der Waals surface area contributed by atoms with E-state index in [1.54, 1.807) is 22.9 Å². The van der Waals surface area contributed by atoms with E-state index in [1.807, 2.05) is 32.0 Å². The van der Waals surface area contributed by atoms with Crippen molar-refractivity contribution in [3.05, 3.63) is 76.0 Å². The monoisotopic (exact) mass is 475 g/mol. The fourth-order valence-electron chi connectivity index (χ4n) is 3.56. The van der Waals surface area contributed by atoms with E-state index in [0.717, 1.165) is 21.5 Å². The molecule has 1 amide bonds. The maximum absolute atomic E-state index is 12.9. The fraction of sp³-hybridized carbons (Fsp3) is 0.200. The summed E-state index contributed by atoms with van der Waals surface area (Å²) in [7, 11) is 4.53. The van der Waals surface area contributed by atoms with Crippen LogP contribution in [0.15, 0.2) is 53.7 Å². The first-order chi connectivity index (χ1) is 16.9. The smallest absolute Gasteiger partial charge is 0.283 e. The molecule has 0 radical (unpaired) electrons. The number of nitrogens with zero attached hydrogens (tertiary/aromatic N) is 4. The standard InChI is InChI=1S/C25H25N5O5/c1-15-6-8-18(10-16(15)2)30-24-19(13-27-30)25(32)29(14-26-24)28-22(31)9-7-17-11-20(33-3)23(35-5)21(12-17)34-4/h6-14H,1-5H3,(H,28,31)/b9-7+. The number of aromatic nitrogens is 4. The molecule has 4 aromatic rings. The van der Waals surface area contributed by atoms with Crippen LogP contribution in [0.5, 0.6) is 17.2 Å². The summed E-state index contributed by atoms with van der Waals surface area (Å²) in [6, 6.07) is 9.28. The summed E-state index contributed by atoms with van der Waals surface area (Å²) in [5.74, 6) is 0.838. The number of nitrogens with one attached hydrogen (secondary N) is 1. The number of ether oxygens (including phenoxy) is 3. The van der Waals surface area contributed by atoms with Crippen LogP contribution in [0.3, 0.4) is 0 Å². The van der Waals surface area contributed by atoms with Gasteiger partial charge in [-0.2, -0.15) is 5.10 Å². The molecule has 0 bridgehead atoms. The molecule has 2 aromatic heterocycles. The number of benzene rings is 2. The molecule has 10 nitrogen and oxygen atoms in total. The maximum Gasteiger partial charge on any atom is 0.283 e. The molecule has 0 saturated carbocycles. The zero-order valence-corrected chi connectivity index (χ0v) is 20.0. The SMILES string of the molecule is COc1cc(/C=C/C(=O)Nn2cnc3c(cnn3-c3ccc(C)c(C)c3)c2=O)cc(OC)c1OC. The van der Waals surface area contributed by atoms with Crippen LogP contribution in [0.4, 0.5) is 0 Å². The van der Waals surface area contributed by atoms with Crippen LogP contribution in [-0.2, 0) is 4.79 Å². The van der Waals surface area contributed by atoms with E-state index in [-0.39, 0.29) is 5.39 Å². The van der Waals surface area contributed by atoms with Gasteiger partial charge in [0.05, 0.1) is 33.2 Å². The van der Waals surface area contributed by atoms with Crippen LogP contribution < -0.4 is 25.2 Å². The van der Waals surface area contributed by atoms with Crippen molar-refractivity contribution < 1.29 is 19.0 Å². The molecule has 0 aliphatic heterocycles. The molecular formula is C25H25N5O5. The highest BCUT2D eigenvalue weighted by atomic mass is 16.5. The molecule has 0 unspecified atom stereocenters. The molecule has 2 heterocycles. The Balaban J connectivity index is 1.58. The number of carbonyl (C=O) groups is 1. The number of amides is 1. The van der Waals surface area contributed by atoms with E-state index in [2.05, 4.69) is 15.5 Å². The number of rotatable bonds is 7. The Morgan fingerprint density at radius 1 is 1.00 bits per heavy atom. The van der Waals surface area contributed by atoms with Crippen molar-refractivity contribution >= 4 is 23.0 Å². The van der Waals surface area contributed by atoms with E-state index < -0.39 is 11.5 Å². The molecule has 0 aliphatic rings. The molecule has 0 atom stereocenters. The maximum atomic E-state index is 12.9. The Labute approximate surface area is 201 Å². The molecule has 0 aliphatic carbocycles. The second-order valence-electron chi connectivity index (χ2n) is 7.75. The van der Waals surface area contributed by atoms with E-state index >= 15 is 0 Å². The second kappa shape index (κ2) is 9.72. The predicted octanol–water partition coefficient (Wildman–Crippen LogP) is 3.01. The van der Waals surface area contributed by atoms with Gasteiger partial charge < -0.3 is 14.2 Å². The lowest BCUT2D eigenvalue weighted by Gasteiger charge is -2.12. The Morgan fingerprint density at radius 2 is 1.71 bits per heavy atom. The van der Waals surface area contributed by atoms with Crippen molar-refractivity contribution in [3.8, 4) is 22.9 Å². The van der Waals surface area contributed by atoms with Crippen molar-refractivity contribution in [1.29, 1.82) is 0 Å². The number of aryl methyl sites for hydroxylation is 2. The molecule has 0 saturated heterocycles. The average Bonchev–Trinajstić information content (AvgIpc) is 3.30. The first-order valence-corrected chi connectivity index (χ1v) is 10.7. The van der Waals surface area contributed by atoms with Gasteiger partial charge in [-0.3, -0.25) is 15.0 Å². The third-order valence-corrected chi connectivity index (χ3v) is 5.57. The van der Waals surface area contributed by atoms with Gasteiger partial charge in [0.25, 0.3) is 11.5 Å². The van der Waals surface area contributed by atoms with Gasteiger partial charge in [0.2, 0.25) is 5.75 Å². The van der Waals surface area contributed by atoms with Crippen LogP contribution in [0.1, 0.15) is 16.7 Å². The predicted molar refractivity (Wildman–Crippen MR) is 132 cm³/mol. The van der Waals surface area contributed by atoms with Crippen molar-refractivity contribution in [2.75, 3.05) is 26.8 Å². The normalized spacial score (nSPS) is 11.1. The molecule has 35 heavy (non-hydrogen) atoms. The highest BCUT2D eigenvalue weighted by molar-refractivity contribution is 5.97. The molecule has 180 valence electrons. The van der Waals surface area contributed by atoms with E-state index in [4.69, 9.17) is 14.2 Å². The van der Waals surface area contributed by atoms with Crippen LogP contribution in [0, 0.1) is 13.8 Å². The largest absolute Gasteiger partial charge is 0.493 e. The Morgan fingerprint density at radius 3 is 2.34 bits per heavy atom. The number of hydrogen-bond donors (Lipinski definition) is 1. The topological polar surface area (TPSA) is 110 Å². The molecule has 0 fully saturated rings. The van der Waals surface area contributed by atoms with Gasteiger partial charge in [0.1, 0.15) is 11.7 Å². The van der Waals surface area contributed by atoms with E-state index in [9.17, 15) is 9.59 Å². The molecule has 4 rings (SSSR count). The van der Waals surface area contributed by atoms with Crippen molar-refractivity contribution in [1.82, 2.24) is 19.4 Å². The summed E-state index contributed by atoms with van der Waals surface area (Å²) in [5, 5.41) is 4.60. The number of methoxy groups -OCH3 is 3. The van der Waals surface area contributed by atoms with Crippen molar-refractivity contribution in [2.45, 2.75) is 13.8 Å². The summed E-state index contributed by atoms with van der Waals surface area (Å²) in [6.07, 6.45) is 5.55. The summed E-state index contributed by atoms with van der Waals surface area (Å²) < 4.78 is 18.6. The lowest BCUT2D eigenvalue weighted by molar-refractivity contribution is -0.112. The number of fused-ring (bicyclic) bond motifs is 1. The van der Waals surface area contributed by atoms with Crippen molar-refractivity contribution in [3.63, 3.8) is 0 Å². The van der Waals surface area contributed by atoms with Crippen LogP contribution in [0.2, 0.25) is 0 Å². The second-order valence-corrected chi connectivity index (χ2v) is 7.75. The highest BCUT2D eigenvalue weighted by Gasteiger charge is 2.14. The Hall–Kier alpha value is -4.60. The van der Waals surface area contributed by atoms with Gasteiger partial charge in [0.15, 0.2) is 17.1 Å². The first kappa shape index (κ1) is 23.6. The molecule has 2 aromatic carbocycles. The third-order valence-electron chi connectivity index (χ3n) is 5.57. The average molecular weight is 476 g/mol. The van der Waals surface area contributed by atoms with Gasteiger partial charge in [-0.1, -0.05) is 6.07 Å². The highest BCUT2D eigenvalue weighted by Crippen LogP contribution is 2.38. The first-order valence-electron chi connectivity index (χ1n) is 10.7. The minimum Gasteiger partial charge on any atom is -0.493 e. The lowest BCUT2D eigenvalue weighted by atomic mass is 10.1. The quantitative estimate of drug-likeness (QED) is 0.409. The van der Waals surface area contributed by atoms with Crippen molar-refractivity contribution in [2.24, 2.45) is 0 Å². The van der Waals surface area contributed by atoms with Gasteiger partial charge in [-0.15, -0.1) is 0 Å². The van der Waals surface area contributed by atoms with Gasteiger partial charge in [0, 0.05) is 6.08 Å². The van der Waals surface area contributed by atoms with E-state index in [0.29, 0.717) is 28.5 Å². The van der Waals surface area contributed by atoms with Crippen LogP contribution in [0.25, 0.3) is 22.8 Å². The van der Waals surface area contributed by atoms with Gasteiger partial charge in [-0.05, 0) is 60.9 Å².